The van der Waals surface area contributed by atoms with Crippen molar-refractivity contribution in [3.05, 3.63) is 0 Å². The molecule has 2 amide bonds. The number of nitrogens with zero attached hydrogens (tertiary/aromatic N) is 2. The Kier molecular flexibility index (Phi) is 4.49. The highest BCUT2D eigenvalue weighted by Crippen LogP contribution is 2.31. The topological polar surface area (TPSA) is 84.9 Å². The van der Waals surface area contributed by atoms with E-state index in [-0.39, 0.29) is 12.1 Å². The van der Waals surface area contributed by atoms with Crippen molar-refractivity contribution in [3.63, 3.8) is 0 Å². The van der Waals surface area contributed by atoms with E-state index >= 15 is 0 Å². The maximum absolute atomic E-state index is 11.9. The van der Waals surface area contributed by atoms with Gasteiger partial charge in [-0.2, -0.15) is 0 Å². The van der Waals surface area contributed by atoms with Crippen molar-refractivity contribution in [3.8, 4) is 0 Å². The first kappa shape index (κ1) is 15.1. The summed E-state index contributed by atoms with van der Waals surface area (Å²) in [5.74, 6) is -0.937. The average molecular weight is 284 g/mol. The van der Waals surface area contributed by atoms with Gasteiger partial charge >= 0.3 is 12.0 Å². The van der Waals surface area contributed by atoms with E-state index in [4.69, 9.17) is 5.11 Å². The number of rotatable bonds is 4. The molecule has 0 aromatic rings. The van der Waals surface area contributed by atoms with Gasteiger partial charge in [-0.05, 0) is 33.4 Å². The summed E-state index contributed by atoms with van der Waals surface area (Å²) in [5.41, 5.74) is -1.04. The molecule has 1 saturated heterocycles. The molecule has 0 aromatic heterocycles. The van der Waals surface area contributed by atoms with Gasteiger partial charge in [-0.1, -0.05) is 0 Å². The van der Waals surface area contributed by atoms with E-state index in [1.807, 2.05) is 7.05 Å². The minimum Gasteiger partial charge on any atom is -0.480 e. The van der Waals surface area contributed by atoms with Crippen LogP contribution in [0, 0.1) is 0 Å². The molecule has 1 aliphatic carbocycles. The molecule has 0 spiro atoms. The van der Waals surface area contributed by atoms with Crippen LogP contribution < -0.4 is 10.6 Å². The smallest absolute Gasteiger partial charge is 0.329 e. The number of amides is 2. The van der Waals surface area contributed by atoms with Crippen molar-refractivity contribution in [2.45, 2.75) is 30.8 Å². The molecular weight excluding hydrogens is 260 g/mol. The van der Waals surface area contributed by atoms with Crippen molar-refractivity contribution >= 4 is 12.0 Å². The van der Waals surface area contributed by atoms with Crippen LogP contribution in [0.5, 0.6) is 0 Å². The fourth-order valence-electron chi connectivity index (χ4n) is 2.72. The molecular formula is C13H24N4O3. The molecule has 1 unspecified atom stereocenters. The number of hydrogen-bond acceptors (Lipinski definition) is 4. The van der Waals surface area contributed by atoms with Crippen LogP contribution in [0.2, 0.25) is 0 Å². The molecule has 3 N–H and O–H groups in total. The van der Waals surface area contributed by atoms with Gasteiger partial charge in [0.1, 0.15) is 5.54 Å². The minimum atomic E-state index is -1.04. The molecule has 0 bridgehead atoms. The second kappa shape index (κ2) is 5.97. The van der Waals surface area contributed by atoms with Crippen LogP contribution in [0.4, 0.5) is 4.79 Å². The number of carboxylic acids is 1. The molecule has 1 aliphatic heterocycles. The normalized spacial score (nSPS) is 26.6. The summed E-state index contributed by atoms with van der Waals surface area (Å²) in [7, 11) is 4.11. The number of aliphatic carboxylic acids is 1. The molecule has 7 heteroatoms. The second-order valence-corrected chi connectivity index (χ2v) is 5.97. The van der Waals surface area contributed by atoms with E-state index < -0.39 is 11.5 Å². The lowest BCUT2D eigenvalue weighted by molar-refractivity contribution is -0.148. The molecule has 2 rings (SSSR count). The lowest BCUT2D eigenvalue weighted by atomic mass is 9.77. The Morgan fingerprint density at radius 2 is 2.00 bits per heavy atom. The Bertz CT molecular complexity index is 384. The van der Waals surface area contributed by atoms with E-state index in [0.29, 0.717) is 19.4 Å². The van der Waals surface area contributed by atoms with E-state index in [0.717, 1.165) is 26.1 Å². The van der Waals surface area contributed by atoms with Gasteiger partial charge in [-0.15, -0.1) is 0 Å². The number of nitrogens with one attached hydrogen (secondary N) is 2. The molecule has 1 saturated carbocycles. The zero-order chi connectivity index (χ0) is 14.8. The molecule has 7 nitrogen and oxygen atoms in total. The van der Waals surface area contributed by atoms with Gasteiger partial charge in [0.25, 0.3) is 0 Å². The molecule has 114 valence electrons. The maximum atomic E-state index is 11.9. The van der Waals surface area contributed by atoms with Gasteiger partial charge in [-0.3, -0.25) is 4.90 Å². The zero-order valence-electron chi connectivity index (χ0n) is 12.2. The predicted molar refractivity (Wildman–Crippen MR) is 74.7 cm³/mol. The van der Waals surface area contributed by atoms with Crippen LogP contribution in [-0.4, -0.2) is 78.8 Å². The summed E-state index contributed by atoms with van der Waals surface area (Å²) in [6.07, 6.45) is 1.88. The highest BCUT2D eigenvalue weighted by Gasteiger charge is 2.45. The summed E-state index contributed by atoms with van der Waals surface area (Å²) in [6, 6.07) is -0.115. The number of carbonyl (C=O) groups is 2. The van der Waals surface area contributed by atoms with E-state index in [1.54, 1.807) is 0 Å². The fraction of sp³-hybridized carbons (Fsp3) is 0.846. The van der Waals surface area contributed by atoms with E-state index in [9.17, 15) is 9.59 Å². The molecule has 0 aromatic carbocycles. The van der Waals surface area contributed by atoms with Gasteiger partial charge in [0.05, 0.1) is 0 Å². The van der Waals surface area contributed by atoms with Gasteiger partial charge in [-0.25, -0.2) is 9.59 Å². The summed E-state index contributed by atoms with van der Waals surface area (Å²) in [4.78, 5) is 27.5. The first-order chi connectivity index (χ1) is 9.43. The number of urea groups is 1. The predicted octanol–water partition coefficient (Wildman–Crippen LogP) is -0.461. The third-order valence-corrected chi connectivity index (χ3v) is 4.45. The van der Waals surface area contributed by atoms with Gasteiger partial charge < -0.3 is 20.6 Å². The van der Waals surface area contributed by atoms with E-state index in [2.05, 4.69) is 27.5 Å². The zero-order valence-corrected chi connectivity index (χ0v) is 12.2. The number of carbonyl (C=O) groups excluding carboxylic acids is 1. The quantitative estimate of drug-likeness (QED) is 0.650. The number of hydrogen-bond donors (Lipinski definition) is 3. The monoisotopic (exact) mass is 284 g/mol. The molecule has 1 heterocycles. The highest BCUT2D eigenvalue weighted by molar-refractivity contribution is 5.87. The van der Waals surface area contributed by atoms with Crippen molar-refractivity contribution < 1.29 is 14.7 Å². The molecule has 2 aliphatic rings. The number of carboxylic acid groups (broad SMARTS) is 1. The highest BCUT2D eigenvalue weighted by atomic mass is 16.4. The van der Waals surface area contributed by atoms with Crippen LogP contribution in [-0.2, 0) is 4.79 Å². The van der Waals surface area contributed by atoms with Crippen LogP contribution in [0.3, 0.4) is 0 Å². The van der Waals surface area contributed by atoms with Crippen LogP contribution in [0.25, 0.3) is 0 Å². The van der Waals surface area contributed by atoms with Gasteiger partial charge in [0.15, 0.2) is 0 Å². The Balaban J connectivity index is 1.78. The fourth-order valence-corrected chi connectivity index (χ4v) is 2.72. The van der Waals surface area contributed by atoms with Crippen LogP contribution >= 0.6 is 0 Å². The summed E-state index contributed by atoms with van der Waals surface area (Å²) in [5, 5.41) is 14.6. The van der Waals surface area contributed by atoms with Crippen molar-refractivity contribution in [2.75, 3.05) is 40.3 Å². The number of likely N-dealkylation sites (N-methyl/N-ethyl adjacent to an activating group) is 2. The Morgan fingerprint density at radius 1 is 1.30 bits per heavy atom. The van der Waals surface area contributed by atoms with Crippen molar-refractivity contribution in [1.82, 2.24) is 20.4 Å². The average Bonchev–Trinajstić information content (AvgIpc) is 2.34. The molecule has 1 atom stereocenters. The Morgan fingerprint density at radius 3 is 2.55 bits per heavy atom. The molecule has 2 fully saturated rings. The van der Waals surface area contributed by atoms with E-state index in [1.165, 1.54) is 0 Å². The van der Waals surface area contributed by atoms with Crippen LogP contribution in [0.1, 0.15) is 19.3 Å². The van der Waals surface area contributed by atoms with Crippen LogP contribution in [0.15, 0.2) is 0 Å². The summed E-state index contributed by atoms with van der Waals surface area (Å²) < 4.78 is 0. The SMILES string of the molecule is CN1CCN(C)C(CNC(=O)NC2(C(=O)O)CCC2)C1. The van der Waals surface area contributed by atoms with Gasteiger partial charge in [0, 0.05) is 32.2 Å². The third-order valence-electron chi connectivity index (χ3n) is 4.45. The lowest BCUT2D eigenvalue weighted by Gasteiger charge is -2.39. The largest absolute Gasteiger partial charge is 0.480 e. The third kappa shape index (κ3) is 3.21. The summed E-state index contributed by atoms with van der Waals surface area (Å²) in [6.45, 7) is 3.44. The van der Waals surface area contributed by atoms with Gasteiger partial charge in [0.2, 0.25) is 0 Å². The maximum Gasteiger partial charge on any atom is 0.329 e. The van der Waals surface area contributed by atoms with Crippen molar-refractivity contribution in [1.29, 1.82) is 0 Å². The first-order valence-corrected chi connectivity index (χ1v) is 7.11. The second-order valence-electron chi connectivity index (χ2n) is 5.97. The Hall–Kier alpha value is -1.34. The lowest BCUT2D eigenvalue weighted by Crippen LogP contribution is -2.62. The molecule has 20 heavy (non-hydrogen) atoms. The molecule has 0 radical (unpaired) electrons. The van der Waals surface area contributed by atoms with Crippen molar-refractivity contribution in [2.24, 2.45) is 0 Å². The first-order valence-electron chi connectivity index (χ1n) is 7.11. The summed E-state index contributed by atoms with van der Waals surface area (Å²) >= 11 is 0. The standard InChI is InChI=1S/C13H24N4O3/c1-16-6-7-17(2)10(9-16)8-14-12(20)15-13(11(18)19)4-3-5-13/h10H,3-9H2,1-2H3,(H,18,19)(H2,14,15,20). The Labute approximate surface area is 119 Å². The number of piperazine rings is 1. The minimum absolute atomic E-state index is 0.265.